The average molecular weight is 719 g/mol. The van der Waals surface area contributed by atoms with Crippen LogP contribution in [-0.2, 0) is 27.2 Å². The van der Waals surface area contributed by atoms with Gasteiger partial charge >= 0.3 is 0 Å². The van der Waals surface area contributed by atoms with Gasteiger partial charge in [-0.15, -0.1) is 0 Å². The first-order chi connectivity index (χ1) is 24.5. The molecule has 270 valence electrons. The number of rotatable bonds is 16. The Hall–Kier alpha value is -5.40. The lowest BCUT2D eigenvalue weighted by Gasteiger charge is -2.16. The molecule has 2 aromatic heterocycles. The average Bonchev–Trinajstić information content (AvgIpc) is 3.65. The van der Waals surface area contributed by atoms with Crippen LogP contribution in [0.4, 0.5) is 23.1 Å². The maximum atomic E-state index is 12.4. The van der Waals surface area contributed by atoms with E-state index in [0.29, 0.717) is 42.3 Å². The van der Waals surface area contributed by atoms with Crippen molar-refractivity contribution in [2.24, 2.45) is 5.73 Å². The zero-order valence-electron chi connectivity index (χ0n) is 27.9. The molecule has 4 aromatic rings. The number of nitrogens with one attached hydrogen (secondary N) is 6. The number of nitrogen functional groups attached to an aromatic ring is 1. The Balaban J connectivity index is 1.02. The monoisotopic (exact) mass is 718 g/mol. The third-order valence-corrected chi connectivity index (χ3v) is 8.26. The second-order valence-corrected chi connectivity index (χ2v) is 12.2. The van der Waals surface area contributed by atoms with Crippen molar-refractivity contribution in [3.8, 4) is 0 Å². The molecule has 1 saturated heterocycles. The molecule has 1 amide bonds. The Bertz CT molecular complexity index is 1850. The molecule has 18 heteroatoms. The van der Waals surface area contributed by atoms with Gasteiger partial charge in [0.1, 0.15) is 23.8 Å². The number of aryl methyl sites for hydroxylation is 1. The Kier molecular flexibility index (Phi) is 12.3. The van der Waals surface area contributed by atoms with Crippen LogP contribution >= 0.6 is 12.2 Å². The lowest BCUT2D eigenvalue weighted by atomic mass is 10.1. The molecule has 12 N–H and O–H groups in total. The number of aliphatic hydroxyl groups is 2. The van der Waals surface area contributed by atoms with E-state index in [1.165, 1.54) is 17.8 Å². The number of Topliss-reactive ketones (excluding diaryl/α,β-unsaturated/α-hetero) is 1. The second kappa shape index (κ2) is 17.0. The number of ether oxygens (including phenoxy) is 1. The van der Waals surface area contributed by atoms with Gasteiger partial charge in [-0.3, -0.25) is 14.2 Å². The predicted molar refractivity (Wildman–Crippen MR) is 197 cm³/mol. The van der Waals surface area contributed by atoms with E-state index in [1.54, 1.807) is 0 Å². The summed E-state index contributed by atoms with van der Waals surface area (Å²) in [5.74, 6) is 0.412. The van der Waals surface area contributed by atoms with Crippen LogP contribution in [0.15, 0.2) is 67.3 Å². The number of carbonyl (C=O) groups is 2. The highest BCUT2D eigenvalue weighted by molar-refractivity contribution is 7.80. The van der Waals surface area contributed by atoms with Crippen molar-refractivity contribution >= 4 is 63.3 Å². The lowest BCUT2D eigenvalue weighted by molar-refractivity contribution is -0.133. The molecule has 1 aliphatic heterocycles. The lowest BCUT2D eigenvalue weighted by Crippen LogP contribution is -2.34. The van der Waals surface area contributed by atoms with Crippen molar-refractivity contribution in [1.29, 1.82) is 0 Å². The van der Waals surface area contributed by atoms with Crippen LogP contribution in [0.5, 0.6) is 0 Å². The van der Waals surface area contributed by atoms with Crippen molar-refractivity contribution < 1.29 is 24.5 Å². The first-order valence-corrected chi connectivity index (χ1v) is 16.6. The number of ketones is 1. The number of amides is 1. The summed E-state index contributed by atoms with van der Waals surface area (Å²) in [6.07, 6.45) is -2.04. The number of aromatic nitrogens is 4. The van der Waals surface area contributed by atoms with Crippen molar-refractivity contribution in [2.45, 2.75) is 50.7 Å². The molecule has 0 bridgehead atoms. The van der Waals surface area contributed by atoms with Gasteiger partial charge in [-0.25, -0.2) is 4.98 Å². The van der Waals surface area contributed by atoms with E-state index in [9.17, 15) is 19.8 Å². The van der Waals surface area contributed by atoms with Crippen molar-refractivity contribution in [3.05, 3.63) is 78.4 Å². The molecule has 1 fully saturated rings. The highest BCUT2D eigenvalue weighted by Gasteiger charge is 2.46. The fraction of sp³-hybridized carbons (Fsp3) is 0.333. The summed E-state index contributed by atoms with van der Waals surface area (Å²) in [7, 11) is 0. The molecule has 3 heterocycles. The number of fused-ring (bicyclic) bond motifs is 1. The van der Waals surface area contributed by atoms with Crippen LogP contribution < -0.4 is 43.4 Å². The standard InChI is InChI=1S/C33H42N12O5S/c1-18(46)28-26(48)27(49)31(50-28)45-17-40-25-29(35)43-32(44-30(25)45)36-14-13-21-5-3-20(4-6-21)7-12-24(47)39-16-38-19(2)41-22-8-10-23(11-9-22)42-33(51)37-15-34/h3-6,8-11,17,26-28,31,38,41,48-49H,2,7,12-16,34H2,1H3,(H,39,47)(H2,37,42,51)(H3,35,36,43,44)/t26-,27?,28-,31-/m1/s1. The highest BCUT2D eigenvalue weighted by atomic mass is 32.1. The van der Waals surface area contributed by atoms with Crippen LogP contribution in [0.25, 0.3) is 11.2 Å². The molecular weight excluding hydrogens is 677 g/mol. The number of anilines is 4. The summed E-state index contributed by atoms with van der Waals surface area (Å²) in [5.41, 5.74) is 15.9. The maximum absolute atomic E-state index is 12.4. The van der Waals surface area contributed by atoms with Crippen molar-refractivity contribution in [3.63, 3.8) is 0 Å². The molecular formula is C33H42N12O5S. The van der Waals surface area contributed by atoms with Crippen molar-refractivity contribution in [1.82, 2.24) is 35.5 Å². The molecule has 4 atom stereocenters. The molecule has 51 heavy (non-hydrogen) atoms. The summed E-state index contributed by atoms with van der Waals surface area (Å²) in [6, 6.07) is 15.4. The van der Waals surface area contributed by atoms with Crippen LogP contribution in [0.1, 0.15) is 30.7 Å². The number of hydrogen-bond acceptors (Lipinski definition) is 14. The minimum Gasteiger partial charge on any atom is -0.387 e. The number of aliphatic hydroxyl groups excluding tert-OH is 2. The molecule has 0 spiro atoms. The molecule has 0 radical (unpaired) electrons. The first-order valence-electron chi connectivity index (χ1n) is 16.2. The van der Waals surface area contributed by atoms with Crippen molar-refractivity contribution in [2.75, 3.05) is 41.6 Å². The number of imidazole rings is 1. The van der Waals surface area contributed by atoms with Gasteiger partial charge < -0.3 is 58.3 Å². The Labute approximate surface area is 299 Å². The summed E-state index contributed by atoms with van der Waals surface area (Å²) < 4.78 is 7.06. The fourth-order valence-corrected chi connectivity index (χ4v) is 5.54. The molecule has 5 rings (SSSR count). The first kappa shape index (κ1) is 36.9. The van der Waals surface area contributed by atoms with Crippen LogP contribution in [0.3, 0.4) is 0 Å². The number of carbonyl (C=O) groups excluding carboxylic acids is 2. The Morgan fingerprint density at radius 3 is 2.27 bits per heavy atom. The molecule has 0 saturated carbocycles. The van der Waals surface area contributed by atoms with E-state index >= 15 is 0 Å². The summed E-state index contributed by atoms with van der Waals surface area (Å²) in [6.45, 7) is 6.18. The van der Waals surface area contributed by atoms with Gasteiger partial charge in [-0.05, 0) is 67.4 Å². The van der Waals surface area contributed by atoms with E-state index in [0.717, 1.165) is 22.5 Å². The zero-order chi connectivity index (χ0) is 36.5. The third-order valence-electron chi connectivity index (χ3n) is 8.01. The van der Waals surface area contributed by atoms with E-state index in [4.69, 9.17) is 28.4 Å². The number of thiocarbonyl (C=S) groups is 1. The SMILES string of the molecule is C=C(NCNC(=O)CCc1ccc(CCNc2nc(N)c3ncn([C@@H]4O[C@H](C(C)=O)[C@H](O)C4O)c3n2)cc1)Nc1ccc(NC(=S)NCN)cc1. The van der Waals surface area contributed by atoms with E-state index in [1.807, 2.05) is 48.5 Å². The maximum Gasteiger partial charge on any atom is 0.226 e. The Morgan fingerprint density at radius 1 is 0.961 bits per heavy atom. The second-order valence-electron chi connectivity index (χ2n) is 11.8. The highest BCUT2D eigenvalue weighted by Crippen LogP contribution is 2.32. The smallest absolute Gasteiger partial charge is 0.226 e. The van der Waals surface area contributed by atoms with Crippen LogP contribution in [0.2, 0.25) is 0 Å². The van der Waals surface area contributed by atoms with Gasteiger partial charge in [0.2, 0.25) is 11.9 Å². The van der Waals surface area contributed by atoms with E-state index in [2.05, 4.69) is 53.4 Å². The molecule has 0 aliphatic carbocycles. The number of nitrogens with two attached hydrogens (primary N) is 2. The van der Waals surface area contributed by atoms with Crippen LogP contribution in [-0.4, -0.2) is 84.7 Å². The van der Waals surface area contributed by atoms with Gasteiger partial charge in [-0.2, -0.15) is 9.97 Å². The Morgan fingerprint density at radius 2 is 1.63 bits per heavy atom. The number of nitrogens with zero attached hydrogens (tertiary/aromatic N) is 4. The van der Waals surface area contributed by atoms with Gasteiger partial charge in [0.25, 0.3) is 0 Å². The van der Waals surface area contributed by atoms with Gasteiger partial charge in [0, 0.05) is 24.3 Å². The molecule has 17 nitrogen and oxygen atoms in total. The fourth-order valence-electron chi connectivity index (χ4n) is 5.34. The van der Waals surface area contributed by atoms with Crippen LogP contribution in [0, 0.1) is 0 Å². The van der Waals surface area contributed by atoms with Gasteiger partial charge in [0.05, 0.1) is 25.5 Å². The quantitative estimate of drug-likeness (QED) is 0.0564. The molecule has 1 unspecified atom stereocenters. The predicted octanol–water partition coefficient (Wildman–Crippen LogP) is 0.653. The summed E-state index contributed by atoms with van der Waals surface area (Å²) >= 11 is 5.12. The molecule has 2 aromatic carbocycles. The zero-order valence-corrected chi connectivity index (χ0v) is 28.7. The minimum atomic E-state index is -1.38. The van der Waals surface area contributed by atoms with Gasteiger partial charge in [0.15, 0.2) is 28.6 Å². The third kappa shape index (κ3) is 9.65. The summed E-state index contributed by atoms with van der Waals surface area (Å²) in [4.78, 5) is 37.3. The molecule has 1 aliphatic rings. The summed E-state index contributed by atoms with van der Waals surface area (Å²) in [5, 5.41) is 39.2. The number of hydrogen-bond donors (Lipinski definition) is 10. The normalized spacial score (nSPS) is 18.2. The number of benzene rings is 2. The minimum absolute atomic E-state index is 0.0949. The largest absolute Gasteiger partial charge is 0.387 e. The van der Waals surface area contributed by atoms with E-state index in [-0.39, 0.29) is 36.7 Å². The van der Waals surface area contributed by atoms with Gasteiger partial charge in [-0.1, -0.05) is 30.8 Å². The topological polar surface area (TPSA) is 252 Å². The van der Waals surface area contributed by atoms with E-state index < -0.39 is 30.3 Å².